The van der Waals surface area contributed by atoms with E-state index < -0.39 is 5.60 Å². The van der Waals surface area contributed by atoms with Crippen LogP contribution in [0.1, 0.15) is 32.3 Å². The lowest BCUT2D eigenvalue weighted by Crippen LogP contribution is -2.35. The molecule has 6 nitrogen and oxygen atoms in total. The summed E-state index contributed by atoms with van der Waals surface area (Å²) in [4.78, 5) is 13.9. The number of carbonyl (C=O) groups excluding carboxylic acids is 1. The largest absolute Gasteiger partial charge is 0.444 e. The van der Waals surface area contributed by atoms with Gasteiger partial charge in [0.2, 0.25) is 0 Å². The van der Waals surface area contributed by atoms with E-state index in [0.717, 1.165) is 5.56 Å². The average molecular weight is 280 g/mol. The van der Waals surface area contributed by atoms with E-state index in [1.165, 1.54) is 0 Å². The third-order valence-corrected chi connectivity index (χ3v) is 3.55. The molecule has 0 spiro atoms. The van der Waals surface area contributed by atoms with Gasteiger partial charge in [-0.25, -0.2) is 4.79 Å². The van der Waals surface area contributed by atoms with Crippen LogP contribution in [-0.2, 0) is 11.8 Å². The van der Waals surface area contributed by atoms with Crippen molar-refractivity contribution in [2.45, 2.75) is 32.3 Å². The van der Waals surface area contributed by atoms with Crippen LogP contribution in [0.2, 0.25) is 0 Å². The number of rotatable bonds is 2. The number of amides is 1. The molecule has 1 aromatic heterocycles. The number of hydrogen-bond donors (Lipinski definition) is 1. The molecule has 2 rings (SSSR count). The summed E-state index contributed by atoms with van der Waals surface area (Å²) in [6, 6.07) is 0. The van der Waals surface area contributed by atoms with Gasteiger partial charge in [0.05, 0.1) is 6.20 Å². The Morgan fingerprint density at radius 1 is 1.50 bits per heavy atom. The van der Waals surface area contributed by atoms with Crippen LogP contribution in [0.15, 0.2) is 12.4 Å². The first kappa shape index (κ1) is 14.8. The molecule has 0 aromatic carbocycles. The number of carbonyl (C=O) groups is 1. The summed E-state index contributed by atoms with van der Waals surface area (Å²) in [5.41, 5.74) is 6.51. The molecule has 1 aromatic rings. The van der Waals surface area contributed by atoms with Crippen molar-refractivity contribution in [3.63, 3.8) is 0 Å². The third kappa shape index (κ3) is 3.30. The van der Waals surface area contributed by atoms with Gasteiger partial charge in [0.15, 0.2) is 0 Å². The minimum Gasteiger partial charge on any atom is -0.444 e. The molecule has 2 atom stereocenters. The van der Waals surface area contributed by atoms with Crippen molar-refractivity contribution in [1.82, 2.24) is 14.7 Å². The molecule has 0 saturated carbocycles. The Kier molecular flexibility index (Phi) is 4.04. The summed E-state index contributed by atoms with van der Waals surface area (Å²) in [7, 11) is 1.89. The second kappa shape index (κ2) is 5.44. The minimum absolute atomic E-state index is 0.237. The number of aryl methyl sites for hydroxylation is 1. The highest BCUT2D eigenvalue weighted by molar-refractivity contribution is 5.68. The number of ether oxygens (including phenoxy) is 1. The Morgan fingerprint density at radius 2 is 2.20 bits per heavy atom. The van der Waals surface area contributed by atoms with Gasteiger partial charge in [0, 0.05) is 32.3 Å². The molecule has 2 N–H and O–H groups in total. The van der Waals surface area contributed by atoms with Gasteiger partial charge in [-0.15, -0.1) is 0 Å². The lowest BCUT2D eigenvalue weighted by molar-refractivity contribution is 0.0287. The Morgan fingerprint density at radius 3 is 2.70 bits per heavy atom. The third-order valence-electron chi connectivity index (χ3n) is 3.55. The fraction of sp³-hybridized carbons (Fsp3) is 0.714. The fourth-order valence-corrected chi connectivity index (χ4v) is 2.59. The highest BCUT2D eigenvalue weighted by Gasteiger charge is 2.37. The molecule has 0 bridgehead atoms. The second-order valence-electron chi connectivity index (χ2n) is 6.43. The summed E-state index contributed by atoms with van der Waals surface area (Å²) in [5, 5.41) is 4.20. The zero-order chi connectivity index (χ0) is 14.9. The second-order valence-corrected chi connectivity index (χ2v) is 6.43. The van der Waals surface area contributed by atoms with Crippen LogP contribution >= 0.6 is 0 Å². The van der Waals surface area contributed by atoms with E-state index in [0.29, 0.717) is 19.6 Å². The van der Waals surface area contributed by atoms with E-state index in [9.17, 15) is 4.79 Å². The quantitative estimate of drug-likeness (QED) is 0.887. The summed E-state index contributed by atoms with van der Waals surface area (Å²) >= 11 is 0. The van der Waals surface area contributed by atoms with Crippen LogP contribution in [0.5, 0.6) is 0 Å². The van der Waals surface area contributed by atoms with Crippen molar-refractivity contribution in [1.29, 1.82) is 0 Å². The maximum absolute atomic E-state index is 12.1. The molecule has 1 saturated heterocycles. The van der Waals surface area contributed by atoms with Crippen molar-refractivity contribution in [2.24, 2.45) is 18.7 Å². The normalized spacial score (nSPS) is 23.1. The number of nitrogens with two attached hydrogens (primary N) is 1. The molecule has 1 amide bonds. The first-order chi connectivity index (χ1) is 9.30. The van der Waals surface area contributed by atoms with Crippen LogP contribution in [0.25, 0.3) is 0 Å². The van der Waals surface area contributed by atoms with E-state index in [-0.39, 0.29) is 17.9 Å². The monoisotopic (exact) mass is 280 g/mol. The van der Waals surface area contributed by atoms with Gasteiger partial charge in [-0.1, -0.05) is 0 Å². The molecule has 2 heterocycles. The Hall–Kier alpha value is -1.56. The van der Waals surface area contributed by atoms with E-state index in [4.69, 9.17) is 10.5 Å². The summed E-state index contributed by atoms with van der Waals surface area (Å²) in [5.74, 6) is 0.493. The van der Waals surface area contributed by atoms with Crippen LogP contribution < -0.4 is 5.73 Å². The number of nitrogens with zero attached hydrogens (tertiary/aromatic N) is 3. The Balaban J connectivity index is 2.08. The topological polar surface area (TPSA) is 73.4 Å². The van der Waals surface area contributed by atoms with Crippen LogP contribution in [0.4, 0.5) is 4.79 Å². The standard InChI is InChI=1S/C14H24N4O2/c1-14(2,3)20-13(19)18-8-10(5-15)12(9-18)11-6-16-17(4)7-11/h6-7,10,12H,5,8-9,15H2,1-4H3. The van der Waals surface area contributed by atoms with Gasteiger partial charge < -0.3 is 15.4 Å². The van der Waals surface area contributed by atoms with Gasteiger partial charge in [-0.3, -0.25) is 4.68 Å². The first-order valence-electron chi connectivity index (χ1n) is 6.96. The van der Waals surface area contributed by atoms with E-state index in [2.05, 4.69) is 5.10 Å². The molecule has 0 aliphatic carbocycles. The molecule has 20 heavy (non-hydrogen) atoms. The van der Waals surface area contributed by atoms with Gasteiger partial charge in [0.1, 0.15) is 5.60 Å². The predicted molar refractivity (Wildman–Crippen MR) is 76.3 cm³/mol. The van der Waals surface area contributed by atoms with Crippen molar-refractivity contribution in [3.8, 4) is 0 Å². The predicted octanol–water partition coefficient (Wildman–Crippen LogP) is 1.33. The lowest BCUT2D eigenvalue weighted by atomic mass is 9.91. The van der Waals surface area contributed by atoms with E-state index in [1.807, 2.05) is 40.2 Å². The van der Waals surface area contributed by atoms with Gasteiger partial charge in [-0.05, 0) is 38.8 Å². The molecule has 1 aliphatic rings. The molecular weight excluding hydrogens is 256 g/mol. The minimum atomic E-state index is -0.471. The summed E-state index contributed by atoms with van der Waals surface area (Å²) < 4.78 is 7.21. The van der Waals surface area contributed by atoms with Gasteiger partial charge in [0.25, 0.3) is 0 Å². The number of aromatic nitrogens is 2. The van der Waals surface area contributed by atoms with Gasteiger partial charge in [-0.2, -0.15) is 5.10 Å². The highest BCUT2D eigenvalue weighted by Crippen LogP contribution is 2.32. The molecule has 1 aliphatic heterocycles. The maximum Gasteiger partial charge on any atom is 0.410 e. The van der Waals surface area contributed by atoms with Crippen molar-refractivity contribution >= 4 is 6.09 Å². The van der Waals surface area contributed by atoms with Crippen LogP contribution in [0, 0.1) is 5.92 Å². The summed E-state index contributed by atoms with van der Waals surface area (Å²) in [6.07, 6.45) is 3.58. The SMILES string of the molecule is Cn1cc(C2CN(C(=O)OC(C)(C)C)CC2CN)cn1. The first-order valence-corrected chi connectivity index (χ1v) is 6.96. The maximum atomic E-state index is 12.1. The van der Waals surface area contributed by atoms with E-state index >= 15 is 0 Å². The molecule has 0 radical (unpaired) electrons. The number of likely N-dealkylation sites (tertiary alicyclic amines) is 1. The van der Waals surface area contributed by atoms with Crippen molar-refractivity contribution in [3.05, 3.63) is 18.0 Å². The molecule has 6 heteroatoms. The van der Waals surface area contributed by atoms with E-state index in [1.54, 1.807) is 9.58 Å². The smallest absolute Gasteiger partial charge is 0.410 e. The van der Waals surface area contributed by atoms with Gasteiger partial charge >= 0.3 is 6.09 Å². The molecule has 112 valence electrons. The average Bonchev–Trinajstić information content (AvgIpc) is 2.92. The number of hydrogen-bond acceptors (Lipinski definition) is 4. The lowest BCUT2D eigenvalue weighted by Gasteiger charge is -2.24. The van der Waals surface area contributed by atoms with Crippen molar-refractivity contribution < 1.29 is 9.53 Å². The molecular formula is C14H24N4O2. The zero-order valence-corrected chi connectivity index (χ0v) is 12.7. The zero-order valence-electron chi connectivity index (χ0n) is 12.7. The highest BCUT2D eigenvalue weighted by atomic mass is 16.6. The van der Waals surface area contributed by atoms with Crippen LogP contribution in [-0.4, -0.2) is 46.0 Å². The molecule has 2 unspecified atom stereocenters. The Labute approximate surface area is 119 Å². The van der Waals surface area contributed by atoms with Crippen LogP contribution in [0.3, 0.4) is 0 Å². The Bertz CT molecular complexity index is 478. The fourth-order valence-electron chi connectivity index (χ4n) is 2.59. The summed E-state index contributed by atoms with van der Waals surface area (Å²) in [6.45, 7) is 7.46. The molecule has 1 fully saturated rings. The van der Waals surface area contributed by atoms with Crippen molar-refractivity contribution in [2.75, 3.05) is 19.6 Å².